The third-order valence-electron chi connectivity index (χ3n) is 4.44. The van der Waals surface area contributed by atoms with Gasteiger partial charge in [0, 0.05) is 19.0 Å². The predicted octanol–water partition coefficient (Wildman–Crippen LogP) is 3.90. The van der Waals surface area contributed by atoms with Gasteiger partial charge in [-0.15, -0.1) is 0 Å². The fourth-order valence-electron chi connectivity index (χ4n) is 3.17. The third-order valence-corrected chi connectivity index (χ3v) is 4.44. The molecule has 0 aliphatic carbocycles. The average molecular weight is 273 g/mol. The number of carbonyl (C=O) groups excluding carboxylic acids is 1. The van der Waals surface area contributed by atoms with Crippen LogP contribution in [0.25, 0.3) is 0 Å². The molecule has 2 nitrogen and oxygen atoms in total. The third kappa shape index (κ3) is 4.09. The SMILES string of the molecule is CCC[C@H](C)C(=O)N1CCC(Cc2ccccc2)CC1. The lowest BCUT2D eigenvalue weighted by molar-refractivity contribution is -0.136. The van der Waals surface area contributed by atoms with E-state index in [-0.39, 0.29) is 5.92 Å². The number of carbonyl (C=O) groups is 1. The molecular formula is C18H27NO. The molecule has 1 aromatic rings. The van der Waals surface area contributed by atoms with E-state index < -0.39 is 0 Å². The first-order chi connectivity index (χ1) is 9.70. The largest absolute Gasteiger partial charge is 0.342 e. The first kappa shape index (κ1) is 15.1. The fraction of sp³-hybridized carbons (Fsp3) is 0.611. The number of amides is 1. The first-order valence-corrected chi connectivity index (χ1v) is 8.03. The van der Waals surface area contributed by atoms with Crippen LogP contribution < -0.4 is 0 Å². The molecule has 1 aliphatic rings. The average Bonchev–Trinajstić information content (AvgIpc) is 2.48. The van der Waals surface area contributed by atoms with Crippen molar-refractivity contribution in [2.45, 2.75) is 46.0 Å². The van der Waals surface area contributed by atoms with E-state index in [0.717, 1.165) is 51.1 Å². The molecule has 1 atom stereocenters. The van der Waals surface area contributed by atoms with Crippen molar-refractivity contribution < 1.29 is 4.79 Å². The maximum absolute atomic E-state index is 12.3. The Balaban J connectivity index is 1.79. The van der Waals surface area contributed by atoms with E-state index in [1.165, 1.54) is 5.56 Å². The Morgan fingerprint density at radius 3 is 2.50 bits per heavy atom. The lowest BCUT2D eigenvalue weighted by Crippen LogP contribution is -2.41. The van der Waals surface area contributed by atoms with E-state index in [2.05, 4.69) is 49.1 Å². The molecule has 1 amide bonds. The quantitative estimate of drug-likeness (QED) is 0.796. The summed E-state index contributed by atoms with van der Waals surface area (Å²) in [5.74, 6) is 1.30. The van der Waals surface area contributed by atoms with Gasteiger partial charge in [-0.2, -0.15) is 0 Å². The van der Waals surface area contributed by atoms with E-state index in [1.54, 1.807) is 0 Å². The summed E-state index contributed by atoms with van der Waals surface area (Å²) in [4.78, 5) is 14.4. The molecular weight excluding hydrogens is 246 g/mol. The van der Waals surface area contributed by atoms with Crippen molar-refractivity contribution in [3.05, 3.63) is 35.9 Å². The van der Waals surface area contributed by atoms with Crippen molar-refractivity contribution in [3.63, 3.8) is 0 Å². The van der Waals surface area contributed by atoms with Gasteiger partial charge in [0.2, 0.25) is 5.91 Å². The minimum atomic E-state index is 0.200. The number of likely N-dealkylation sites (tertiary alicyclic amines) is 1. The molecule has 1 aliphatic heterocycles. The Labute approximate surface area is 123 Å². The summed E-state index contributed by atoms with van der Waals surface area (Å²) in [5.41, 5.74) is 1.43. The van der Waals surface area contributed by atoms with Crippen LogP contribution in [0.4, 0.5) is 0 Å². The Morgan fingerprint density at radius 1 is 1.25 bits per heavy atom. The molecule has 0 bridgehead atoms. The van der Waals surface area contributed by atoms with Crippen LogP contribution in [0.3, 0.4) is 0 Å². The van der Waals surface area contributed by atoms with Crippen molar-refractivity contribution in [1.82, 2.24) is 4.90 Å². The minimum Gasteiger partial charge on any atom is -0.342 e. The topological polar surface area (TPSA) is 20.3 Å². The zero-order valence-corrected chi connectivity index (χ0v) is 12.8. The molecule has 0 radical (unpaired) electrons. The molecule has 1 heterocycles. The second kappa shape index (κ2) is 7.47. The number of hydrogen-bond acceptors (Lipinski definition) is 1. The Kier molecular flexibility index (Phi) is 5.63. The van der Waals surface area contributed by atoms with Gasteiger partial charge >= 0.3 is 0 Å². The van der Waals surface area contributed by atoms with Crippen molar-refractivity contribution in [3.8, 4) is 0 Å². The lowest BCUT2D eigenvalue weighted by atomic mass is 9.89. The number of piperidine rings is 1. The summed E-state index contributed by atoms with van der Waals surface area (Å²) in [6.07, 6.45) is 5.58. The number of rotatable bonds is 5. The van der Waals surface area contributed by atoms with Gasteiger partial charge in [0.05, 0.1) is 0 Å². The van der Waals surface area contributed by atoms with Crippen LogP contribution in [0.5, 0.6) is 0 Å². The second-order valence-corrected chi connectivity index (χ2v) is 6.15. The molecule has 110 valence electrons. The zero-order chi connectivity index (χ0) is 14.4. The Morgan fingerprint density at radius 2 is 1.90 bits per heavy atom. The van der Waals surface area contributed by atoms with Crippen molar-refractivity contribution in [2.75, 3.05) is 13.1 Å². The van der Waals surface area contributed by atoms with E-state index in [4.69, 9.17) is 0 Å². The van der Waals surface area contributed by atoms with Crippen molar-refractivity contribution >= 4 is 5.91 Å². The van der Waals surface area contributed by atoms with Crippen molar-refractivity contribution in [1.29, 1.82) is 0 Å². The highest BCUT2D eigenvalue weighted by atomic mass is 16.2. The fourth-order valence-corrected chi connectivity index (χ4v) is 3.17. The Hall–Kier alpha value is -1.31. The molecule has 2 rings (SSSR count). The van der Waals surface area contributed by atoms with Crippen LogP contribution in [0.1, 0.15) is 45.1 Å². The van der Waals surface area contributed by atoms with Crippen LogP contribution >= 0.6 is 0 Å². The van der Waals surface area contributed by atoms with Gasteiger partial charge in [0.1, 0.15) is 0 Å². The maximum atomic E-state index is 12.3. The number of hydrogen-bond donors (Lipinski definition) is 0. The van der Waals surface area contributed by atoms with E-state index in [1.807, 2.05) is 0 Å². The summed E-state index contributed by atoms with van der Waals surface area (Å²) < 4.78 is 0. The zero-order valence-electron chi connectivity index (χ0n) is 12.8. The van der Waals surface area contributed by atoms with E-state index in [9.17, 15) is 4.79 Å². The van der Waals surface area contributed by atoms with Gasteiger partial charge in [0.25, 0.3) is 0 Å². The first-order valence-electron chi connectivity index (χ1n) is 8.03. The van der Waals surface area contributed by atoms with E-state index >= 15 is 0 Å². The smallest absolute Gasteiger partial charge is 0.225 e. The van der Waals surface area contributed by atoms with Crippen LogP contribution in [0.2, 0.25) is 0 Å². The maximum Gasteiger partial charge on any atom is 0.225 e. The molecule has 1 saturated heterocycles. The molecule has 0 saturated carbocycles. The molecule has 1 aromatic carbocycles. The van der Waals surface area contributed by atoms with Crippen molar-refractivity contribution in [2.24, 2.45) is 11.8 Å². The molecule has 1 fully saturated rings. The molecule has 20 heavy (non-hydrogen) atoms. The minimum absolute atomic E-state index is 0.200. The van der Waals surface area contributed by atoms with E-state index in [0.29, 0.717) is 5.91 Å². The molecule has 0 N–H and O–H groups in total. The predicted molar refractivity (Wildman–Crippen MR) is 83.5 cm³/mol. The van der Waals surface area contributed by atoms with Gasteiger partial charge in [-0.3, -0.25) is 4.79 Å². The highest BCUT2D eigenvalue weighted by molar-refractivity contribution is 5.78. The van der Waals surface area contributed by atoms with Gasteiger partial charge in [-0.25, -0.2) is 0 Å². The molecule has 0 unspecified atom stereocenters. The Bertz CT molecular complexity index is 407. The van der Waals surface area contributed by atoms with Crippen LogP contribution in [0, 0.1) is 11.8 Å². The monoisotopic (exact) mass is 273 g/mol. The van der Waals surface area contributed by atoms with Gasteiger partial charge in [-0.1, -0.05) is 50.6 Å². The lowest BCUT2D eigenvalue weighted by Gasteiger charge is -2.33. The number of nitrogens with zero attached hydrogens (tertiary/aromatic N) is 1. The van der Waals surface area contributed by atoms with Gasteiger partial charge in [-0.05, 0) is 37.2 Å². The van der Waals surface area contributed by atoms with Crippen LogP contribution in [0.15, 0.2) is 30.3 Å². The summed E-state index contributed by atoms with van der Waals surface area (Å²) in [7, 11) is 0. The molecule has 2 heteroatoms. The van der Waals surface area contributed by atoms with Gasteiger partial charge in [0.15, 0.2) is 0 Å². The highest BCUT2D eigenvalue weighted by Crippen LogP contribution is 2.23. The molecule has 0 spiro atoms. The second-order valence-electron chi connectivity index (χ2n) is 6.15. The normalized spacial score (nSPS) is 18.0. The summed E-state index contributed by atoms with van der Waals surface area (Å²) in [6, 6.07) is 10.7. The number of benzene rings is 1. The van der Waals surface area contributed by atoms with Gasteiger partial charge < -0.3 is 4.90 Å². The highest BCUT2D eigenvalue weighted by Gasteiger charge is 2.25. The standard InChI is InChI=1S/C18H27NO/c1-3-7-15(2)18(20)19-12-10-17(11-13-19)14-16-8-5-4-6-9-16/h4-6,8-9,15,17H,3,7,10-14H2,1-2H3/t15-/m0/s1. The summed E-state index contributed by atoms with van der Waals surface area (Å²) in [5, 5.41) is 0. The summed E-state index contributed by atoms with van der Waals surface area (Å²) >= 11 is 0. The van der Waals surface area contributed by atoms with Crippen LogP contribution in [-0.4, -0.2) is 23.9 Å². The summed E-state index contributed by atoms with van der Waals surface area (Å²) in [6.45, 7) is 6.12. The van der Waals surface area contributed by atoms with Crippen LogP contribution in [-0.2, 0) is 11.2 Å². The molecule has 0 aromatic heterocycles.